The Morgan fingerprint density at radius 1 is 1.38 bits per heavy atom. The van der Waals surface area contributed by atoms with Crippen molar-refractivity contribution >= 4 is 5.91 Å². The Morgan fingerprint density at radius 2 is 2.14 bits per heavy atom. The second-order valence-corrected chi connectivity index (χ2v) is 5.42. The smallest absolute Gasteiger partial charge is 0.220 e. The van der Waals surface area contributed by atoms with Gasteiger partial charge in [-0.2, -0.15) is 0 Å². The zero-order valence-corrected chi connectivity index (χ0v) is 13.1. The van der Waals surface area contributed by atoms with Gasteiger partial charge >= 0.3 is 0 Å². The quantitative estimate of drug-likeness (QED) is 0.722. The van der Waals surface area contributed by atoms with Crippen LogP contribution in [0.3, 0.4) is 0 Å². The van der Waals surface area contributed by atoms with E-state index in [0.717, 1.165) is 18.4 Å². The molecular weight excluding hydrogens is 266 g/mol. The number of hydrogen-bond donors (Lipinski definition) is 2. The first-order valence-electron chi connectivity index (χ1n) is 7.30. The molecule has 0 aliphatic heterocycles. The SMILES string of the molecule is COc1cc(CNC(=O)CC/C=C/CC(C)C)ccc1O. The Kier molecular flexibility index (Phi) is 7.37. The first-order valence-corrected chi connectivity index (χ1v) is 7.30. The van der Waals surface area contributed by atoms with Crippen molar-refractivity contribution < 1.29 is 14.6 Å². The molecule has 0 saturated carbocycles. The Morgan fingerprint density at radius 3 is 2.81 bits per heavy atom. The number of phenolic OH excluding ortho intramolecular Hbond substituents is 1. The Hall–Kier alpha value is -1.97. The number of carbonyl (C=O) groups is 1. The number of rotatable bonds is 8. The summed E-state index contributed by atoms with van der Waals surface area (Å²) in [7, 11) is 1.50. The Balaban J connectivity index is 2.31. The highest BCUT2D eigenvalue weighted by Gasteiger charge is 2.04. The molecule has 2 N–H and O–H groups in total. The zero-order valence-electron chi connectivity index (χ0n) is 13.1. The number of aromatic hydroxyl groups is 1. The van der Waals surface area contributed by atoms with E-state index in [2.05, 4.69) is 31.3 Å². The van der Waals surface area contributed by atoms with Crippen molar-refractivity contribution in [2.75, 3.05) is 7.11 Å². The fourth-order valence-electron chi connectivity index (χ4n) is 1.82. The van der Waals surface area contributed by atoms with Gasteiger partial charge in [0.1, 0.15) is 0 Å². The summed E-state index contributed by atoms with van der Waals surface area (Å²) in [5.41, 5.74) is 0.897. The van der Waals surface area contributed by atoms with Gasteiger partial charge in [0.15, 0.2) is 11.5 Å². The standard InChI is InChI=1S/C17H25NO3/c1-13(2)7-5-4-6-8-17(20)18-12-14-9-10-15(19)16(11-14)21-3/h4-5,9-11,13,19H,6-8,12H2,1-3H3,(H,18,20)/b5-4+. The maximum absolute atomic E-state index is 11.7. The summed E-state index contributed by atoms with van der Waals surface area (Å²) in [6.07, 6.45) is 6.49. The van der Waals surface area contributed by atoms with E-state index >= 15 is 0 Å². The first kappa shape index (κ1) is 17.1. The van der Waals surface area contributed by atoms with Crippen LogP contribution in [0.4, 0.5) is 0 Å². The van der Waals surface area contributed by atoms with E-state index in [0.29, 0.717) is 24.6 Å². The van der Waals surface area contributed by atoms with E-state index in [1.165, 1.54) is 7.11 Å². The Bertz CT molecular complexity index is 481. The molecule has 0 fully saturated rings. The lowest BCUT2D eigenvalue weighted by atomic mass is 10.1. The average Bonchev–Trinajstić information content (AvgIpc) is 2.45. The molecule has 4 heteroatoms. The van der Waals surface area contributed by atoms with Gasteiger partial charge in [-0.05, 0) is 36.5 Å². The summed E-state index contributed by atoms with van der Waals surface area (Å²) in [5, 5.41) is 12.4. The third-order valence-electron chi connectivity index (χ3n) is 3.05. The summed E-state index contributed by atoms with van der Waals surface area (Å²) < 4.78 is 5.03. The van der Waals surface area contributed by atoms with Crippen molar-refractivity contribution in [3.8, 4) is 11.5 Å². The van der Waals surface area contributed by atoms with E-state index in [4.69, 9.17) is 4.74 Å². The van der Waals surface area contributed by atoms with E-state index in [1.807, 2.05) is 0 Å². The number of carbonyl (C=O) groups excluding carboxylic acids is 1. The van der Waals surface area contributed by atoms with Gasteiger partial charge < -0.3 is 15.2 Å². The van der Waals surface area contributed by atoms with Crippen molar-refractivity contribution in [1.82, 2.24) is 5.32 Å². The lowest BCUT2D eigenvalue weighted by molar-refractivity contribution is -0.121. The normalized spacial score (nSPS) is 11.0. The van der Waals surface area contributed by atoms with E-state index in [1.54, 1.807) is 18.2 Å². The Labute approximate surface area is 126 Å². The topological polar surface area (TPSA) is 58.6 Å². The summed E-state index contributed by atoms with van der Waals surface area (Å²) in [5.74, 6) is 1.19. The van der Waals surface area contributed by atoms with Gasteiger partial charge in [0, 0.05) is 13.0 Å². The molecule has 4 nitrogen and oxygen atoms in total. The molecule has 0 atom stereocenters. The maximum Gasteiger partial charge on any atom is 0.220 e. The lowest BCUT2D eigenvalue weighted by Crippen LogP contribution is -2.22. The minimum Gasteiger partial charge on any atom is -0.504 e. The van der Waals surface area contributed by atoms with E-state index < -0.39 is 0 Å². The van der Waals surface area contributed by atoms with Gasteiger partial charge in [-0.15, -0.1) is 0 Å². The van der Waals surface area contributed by atoms with Crippen LogP contribution >= 0.6 is 0 Å². The van der Waals surface area contributed by atoms with Crippen molar-refractivity contribution in [3.05, 3.63) is 35.9 Å². The van der Waals surface area contributed by atoms with Gasteiger partial charge in [0.25, 0.3) is 0 Å². The molecule has 1 rings (SSSR count). The molecule has 0 heterocycles. The zero-order chi connectivity index (χ0) is 15.7. The van der Waals surface area contributed by atoms with Gasteiger partial charge in [0.2, 0.25) is 5.91 Å². The molecule has 116 valence electrons. The van der Waals surface area contributed by atoms with Crippen molar-refractivity contribution in [2.45, 2.75) is 39.7 Å². The van der Waals surface area contributed by atoms with Gasteiger partial charge in [-0.1, -0.05) is 32.1 Å². The number of hydrogen-bond acceptors (Lipinski definition) is 3. The monoisotopic (exact) mass is 291 g/mol. The van der Waals surface area contributed by atoms with Crippen LogP contribution in [0.25, 0.3) is 0 Å². The summed E-state index contributed by atoms with van der Waals surface area (Å²) >= 11 is 0. The summed E-state index contributed by atoms with van der Waals surface area (Å²) in [6, 6.07) is 5.05. The van der Waals surface area contributed by atoms with Gasteiger partial charge in [0.05, 0.1) is 7.11 Å². The molecule has 0 radical (unpaired) electrons. The molecule has 1 aromatic carbocycles. The molecule has 1 amide bonds. The largest absolute Gasteiger partial charge is 0.504 e. The predicted molar refractivity (Wildman–Crippen MR) is 84.3 cm³/mol. The summed E-state index contributed by atoms with van der Waals surface area (Å²) in [6.45, 7) is 4.77. The van der Waals surface area contributed by atoms with Crippen LogP contribution in [0.2, 0.25) is 0 Å². The molecule has 1 aromatic rings. The van der Waals surface area contributed by atoms with Crippen LogP contribution in [0.15, 0.2) is 30.4 Å². The summed E-state index contributed by atoms with van der Waals surface area (Å²) in [4.78, 5) is 11.7. The second kappa shape index (κ2) is 9.06. The number of methoxy groups -OCH3 is 1. The van der Waals surface area contributed by atoms with Crippen molar-refractivity contribution in [3.63, 3.8) is 0 Å². The van der Waals surface area contributed by atoms with Crippen LogP contribution in [0.1, 0.15) is 38.7 Å². The number of ether oxygens (including phenoxy) is 1. The fraction of sp³-hybridized carbons (Fsp3) is 0.471. The fourth-order valence-corrected chi connectivity index (χ4v) is 1.82. The number of amides is 1. The third kappa shape index (κ3) is 6.84. The van der Waals surface area contributed by atoms with Crippen LogP contribution < -0.4 is 10.1 Å². The van der Waals surface area contributed by atoms with Crippen molar-refractivity contribution in [1.29, 1.82) is 0 Å². The molecule has 0 aliphatic rings. The van der Waals surface area contributed by atoms with Crippen LogP contribution in [-0.4, -0.2) is 18.1 Å². The van der Waals surface area contributed by atoms with Gasteiger partial charge in [-0.25, -0.2) is 0 Å². The van der Waals surface area contributed by atoms with Crippen LogP contribution in [0.5, 0.6) is 11.5 Å². The molecule has 0 aromatic heterocycles. The average molecular weight is 291 g/mol. The lowest BCUT2D eigenvalue weighted by Gasteiger charge is -2.08. The van der Waals surface area contributed by atoms with E-state index in [9.17, 15) is 9.90 Å². The molecule has 0 unspecified atom stereocenters. The molecule has 0 saturated heterocycles. The van der Waals surface area contributed by atoms with Crippen LogP contribution in [0, 0.1) is 5.92 Å². The first-order chi connectivity index (χ1) is 10.0. The van der Waals surface area contributed by atoms with E-state index in [-0.39, 0.29) is 11.7 Å². The van der Waals surface area contributed by atoms with Crippen molar-refractivity contribution in [2.24, 2.45) is 5.92 Å². The highest BCUT2D eigenvalue weighted by molar-refractivity contribution is 5.76. The molecule has 0 aliphatic carbocycles. The number of nitrogens with one attached hydrogen (secondary N) is 1. The minimum absolute atomic E-state index is 0.0243. The van der Waals surface area contributed by atoms with Gasteiger partial charge in [-0.3, -0.25) is 4.79 Å². The predicted octanol–water partition coefficient (Wildman–Crippen LogP) is 3.40. The third-order valence-corrected chi connectivity index (χ3v) is 3.05. The molecule has 21 heavy (non-hydrogen) atoms. The number of benzene rings is 1. The highest BCUT2D eigenvalue weighted by Crippen LogP contribution is 2.26. The molecule has 0 spiro atoms. The maximum atomic E-state index is 11.7. The minimum atomic E-state index is 0.0243. The number of allylic oxidation sites excluding steroid dienone is 2. The molecular formula is C17H25NO3. The highest BCUT2D eigenvalue weighted by atomic mass is 16.5. The molecule has 0 bridgehead atoms. The van der Waals surface area contributed by atoms with Crippen LogP contribution in [-0.2, 0) is 11.3 Å². The number of phenols is 1. The second-order valence-electron chi connectivity index (χ2n) is 5.42.